The minimum atomic E-state index is -0.00489. The van der Waals surface area contributed by atoms with Crippen molar-refractivity contribution in [3.63, 3.8) is 0 Å². The van der Waals surface area contributed by atoms with Gasteiger partial charge in [-0.1, -0.05) is 37.5 Å². The van der Waals surface area contributed by atoms with Gasteiger partial charge in [-0.3, -0.25) is 0 Å². The lowest BCUT2D eigenvalue weighted by atomic mass is 9.85. The Labute approximate surface area is 134 Å². The summed E-state index contributed by atoms with van der Waals surface area (Å²) in [5.74, 6) is 1.95. The van der Waals surface area contributed by atoms with Gasteiger partial charge in [0.2, 0.25) is 5.89 Å². The van der Waals surface area contributed by atoms with Gasteiger partial charge in [0.25, 0.3) is 0 Å². The number of aromatic nitrogens is 2. The van der Waals surface area contributed by atoms with Gasteiger partial charge in [0.1, 0.15) is 0 Å². The van der Waals surface area contributed by atoms with Crippen LogP contribution in [0.1, 0.15) is 32.5 Å². The zero-order chi connectivity index (χ0) is 15.5. The second-order valence-electron chi connectivity index (χ2n) is 6.02. The molecule has 0 bridgehead atoms. The van der Waals surface area contributed by atoms with Crippen LogP contribution in [0.25, 0.3) is 0 Å². The van der Waals surface area contributed by atoms with Crippen molar-refractivity contribution in [3.05, 3.63) is 41.0 Å². The summed E-state index contributed by atoms with van der Waals surface area (Å²) < 4.78 is 5.26. The van der Waals surface area contributed by atoms with Crippen molar-refractivity contribution in [3.8, 4) is 0 Å². The second-order valence-corrected chi connectivity index (χ2v) is 7.51. The number of halogens is 1. The molecule has 0 aliphatic carbocycles. The van der Waals surface area contributed by atoms with Crippen molar-refractivity contribution in [1.29, 1.82) is 0 Å². The Morgan fingerprint density at radius 1 is 1.29 bits per heavy atom. The average molecular weight is 326 g/mol. The first-order chi connectivity index (χ1) is 9.84. The van der Waals surface area contributed by atoms with E-state index in [1.54, 1.807) is 11.8 Å². The van der Waals surface area contributed by atoms with Gasteiger partial charge in [0.05, 0.1) is 5.75 Å². The molecule has 1 aromatic carbocycles. The van der Waals surface area contributed by atoms with Gasteiger partial charge in [0.15, 0.2) is 5.82 Å². The molecule has 2 rings (SSSR count). The van der Waals surface area contributed by atoms with E-state index in [0.29, 0.717) is 23.9 Å². The van der Waals surface area contributed by atoms with Gasteiger partial charge in [0, 0.05) is 22.4 Å². The lowest BCUT2D eigenvalue weighted by Crippen LogP contribution is -2.36. The fourth-order valence-corrected chi connectivity index (χ4v) is 2.47. The zero-order valence-electron chi connectivity index (χ0n) is 12.5. The van der Waals surface area contributed by atoms with Crippen LogP contribution in [-0.2, 0) is 12.2 Å². The summed E-state index contributed by atoms with van der Waals surface area (Å²) >= 11 is 7.50. The highest BCUT2D eigenvalue weighted by Gasteiger charge is 2.23. The van der Waals surface area contributed by atoms with Crippen LogP contribution in [0, 0.1) is 5.41 Å². The van der Waals surface area contributed by atoms with Gasteiger partial charge < -0.3 is 10.3 Å². The molecular formula is C15H20ClN3OS. The highest BCUT2D eigenvalue weighted by atomic mass is 35.5. The van der Waals surface area contributed by atoms with E-state index in [2.05, 4.69) is 30.9 Å². The van der Waals surface area contributed by atoms with Gasteiger partial charge in [-0.25, -0.2) is 0 Å². The molecule has 0 saturated carbocycles. The van der Waals surface area contributed by atoms with Crippen LogP contribution >= 0.6 is 23.4 Å². The van der Waals surface area contributed by atoms with Crippen LogP contribution in [0.15, 0.2) is 33.7 Å². The summed E-state index contributed by atoms with van der Waals surface area (Å²) in [6, 6.07) is 7.68. The van der Waals surface area contributed by atoms with Crippen molar-refractivity contribution in [2.45, 2.75) is 43.9 Å². The van der Waals surface area contributed by atoms with E-state index in [1.165, 1.54) is 0 Å². The monoisotopic (exact) mass is 325 g/mol. The molecule has 1 heterocycles. The van der Waals surface area contributed by atoms with E-state index in [1.807, 2.05) is 24.3 Å². The summed E-state index contributed by atoms with van der Waals surface area (Å²) in [7, 11) is 0. The second kappa shape index (κ2) is 6.81. The summed E-state index contributed by atoms with van der Waals surface area (Å²) in [6.45, 7) is 6.31. The highest BCUT2D eigenvalue weighted by molar-refractivity contribution is 7.98. The summed E-state index contributed by atoms with van der Waals surface area (Å²) in [6.07, 6.45) is 0.599. The number of benzene rings is 1. The van der Waals surface area contributed by atoms with Crippen LogP contribution in [0.5, 0.6) is 0 Å². The predicted molar refractivity (Wildman–Crippen MR) is 86.4 cm³/mol. The molecule has 0 radical (unpaired) electrons. The van der Waals surface area contributed by atoms with Crippen LogP contribution in [0.4, 0.5) is 0 Å². The van der Waals surface area contributed by atoms with Crippen LogP contribution in [0.2, 0.25) is 5.02 Å². The Balaban J connectivity index is 1.90. The molecule has 114 valence electrons. The molecule has 0 spiro atoms. The van der Waals surface area contributed by atoms with E-state index < -0.39 is 0 Å². The number of hydrogen-bond acceptors (Lipinski definition) is 5. The maximum absolute atomic E-state index is 6.13. The largest absolute Gasteiger partial charge is 0.339 e. The number of rotatable bonds is 5. The van der Waals surface area contributed by atoms with E-state index >= 15 is 0 Å². The van der Waals surface area contributed by atoms with Crippen LogP contribution < -0.4 is 5.73 Å². The SMILES string of the molecule is CC(C)(C)C(N)Cc1nc(CSc2ccc(Cl)cc2)no1. The smallest absolute Gasteiger partial charge is 0.228 e. The Hall–Kier alpha value is -1.04. The molecule has 21 heavy (non-hydrogen) atoms. The quantitative estimate of drug-likeness (QED) is 0.844. The first-order valence-electron chi connectivity index (χ1n) is 6.80. The normalized spacial score (nSPS) is 13.4. The average Bonchev–Trinajstić information content (AvgIpc) is 2.85. The Morgan fingerprint density at radius 3 is 2.57 bits per heavy atom. The Bertz CT molecular complexity index is 577. The van der Waals surface area contributed by atoms with Crippen molar-refractivity contribution >= 4 is 23.4 Å². The minimum absolute atomic E-state index is 0.00489. The maximum Gasteiger partial charge on any atom is 0.228 e. The Morgan fingerprint density at radius 2 is 1.95 bits per heavy atom. The molecular weight excluding hydrogens is 306 g/mol. The number of nitrogens with zero attached hydrogens (tertiary/aromatic N) is 2. The fraction of sp³-hybridized carbons (Fsp3) is 0.467. The zero-order valence-corrected chi connectivity index (χ0v) is 14.0. The molecule has 1 unspecified atom stereocenters. The fourth-order valence-electron chi connectivity index (χ4n) is 1.60. The molecule has 0 saturated heterocycles. The van der Waals surface area contributed by atoms with Crippen LogP contribution in [0.3, 0.4) is 0 Å². The van der Waals surface area contributed by atoms with E-state index in [0.717, 1.165) is 9.92 Å². The van der Waals surface area contributed by atoms with Crippen molar-refractivity contribution in [1.82, 2.24) is 10.1 Å². The third kappa shape index (κ3) is 5.02. The van der Waals surface area contributed by atoms with Crippen LogP contribution in [-0.4, -0.2) is 16.2 Å². The van der Waals surface area contributed by atoms with Crippen molar-refractivity contribution < 1.29 is 4.52 Å². The molecule has 0 fully saturated rings. The molecule has 2 aromatic rings. The summed E-state index contributed by atoms with van der Waals surface area (Å²) in [4.78, 5) is 5.51. The summed E-state index contributed by atoms with van der Waals surface area (Å²) in [5.41, 5.74) is 6.15. The topological polar surface area (TPSA) is 64.9 Å². The van der Waals surface area contributed by atoms with Gasteiger partial charge in [-0.05, 0) is 29.7 Å². The van der Waals surface area contributed by atoms with Crippen molar-refractivity contribution in [2.75, 3.05) is 0 Å². The molecule has 0 amide bonds. The van der Waals surface area contributed by atoms with E-state index in [-0.39, 0.29) is 11.5 Å². The molecule has 1 atom stereocenters. The van der Waals surface area contributed by atoms with Gasteiger partial charge >= 0.3 is 0 Å². The third-order valence-corrected chi connectivity index (χ3v) is 4.46. The molecule has 1 aromatic heterocycles. The number of thioether (sulfide) groups is 1. The number of hydrogen-bond donors (Lipinski definition) is 1. The first-order valence-corrected chi connectivity index (χ1v) is 8.16. The summed E-state index contributed by atoms with van der Waals surface area (Å²) in [5, 5.41) is 4.73. The van der Waals surface area contributed by atoms with E-state index in [9.17, 15) is 0 Å². The van der Waals surface area contributed by atoms with Crippen molar-refractivity contribution in [2.24, 2.45) is 11.1 Å². The first kappa shape index (κ1) is 16.3. The number of nitrogens with two attached hydrogens (primary N) is 1. The van der Waals surface area contributed by atoms with Gasteiger partial charge in [-0.2, -0.15) is 4.98 Å². The Kier molecular flexibility index (Phi) is 5.30. The standard InChI is InChI=1S/C15H20ClN3OS/c1-15(2,3)12(17)8-14-18-13(19-20-14)9-21-11-6-4-10(16)5-7-11/h4-7,12H,8-9,17H2,1-3H3. The predicted octanol–water partition coefficient (Wildman–Crippen LogP) is 3.93. The molecule has 6 heteroatoms. The van der Waals surface area contributed by atoms with E-state index in [4.69, 9.17) is 21.9 Å². The maximum atomic E-state index is 6.13. The molecule has 0 aliphatic rings. The third-order valence-electron chi connectivity index (χ3n) is 3.20. The van der Waals surface area contributed by atoms with Gasteiger partial charge in [-0.15, -0.1) is 11.8 Å². The molecule has 0 aliphatic heterocycles. The lowest BCUT2D eigenvalue weighted by Gasteiger charge is -2.25. The lowest BCUT2D eigenvalue weighted by molar-refractivity contribution is 0.285. The molecule has 2 N–H and O–H groups in total. The highest BCUT2D eigenvalue weighted by Crippen LogP contribution is 2.24. The minimum Gasteiger partial charge on any atom is -0.339 e. The molecule has 4 nitrogen and oxygen atoms in total.